The largest absolute Gasteiger partial charge is 0.424 e. The lowest BCUT2D eigenvalue weighted by atomic mass is 10.1. The Kier molecular flexibility index (Phi) is 3.14. The van der Waals surface area contributed by atoms with Crippen LogP contribution in [0.25, 0.3) is 27.9 Å². The molecule has 1 aliphatic rings. The summed E-state index contributed by atoms with van der Waals surface area (Å²) >= 11 is 0. The van der Waals surface area contributed by atoms with E-state index in [2.05, 4.69) is 31.5 Å². The third-order valence-corrected chi connectivity index (χ3v) is 4.56. The second kappa shape index (κ2) is 5.49. The second-order valence-corrected chi connectivity index (χ2v) is 6.10. The smallest absolute Gasteiger partial charge is 0.292 e. The van der Waals surface area contributed by atoms with Crippen LogP contribution < -0.4 is 10.6 Å². The van der Waals surface area contributed by atoms with Gasteiger partial charge in [0.2, 0.25) is 0 Å². The molecular formula is C18H17N5O2. The monoisotopic (exact) mass is 335 g/mol. The summed E-state index contributed by atoms with van der Waals surface area (Å²) in [4.78, 5) is 11.0. The Hall–Kier alpha value is -3.06. The molecule has 0 aliphatic carbocycles. The molecule has 1 aliphatic heterocycles. The highest BCUT2D eigenvalue weighted by Crippen LogP contribution is 2.27. The van der Waals surface area contributed by atoms with Crippen LogP contribution in [0, 0.1) is 0 Å². The molecule has 0 saturated carbocycles. The number of nitrogen functional groups attached to an aromatic ring is 1. The van der Waals surface area contributed by atoms with Crippen LogP contribution in [-0.2, 0) is 4.74 Å². The van der Waals surface area contributed by atoms with Crippen molar-refractivity contribution in [3.05, 3.63) is 42.7 Å². The number of rotatable bonds is 2. The summed E-state index contributed by atoms with van der Waals surface area (Å²) in [7, 11) is 0. The molecule has 4 aromatic rings. The van der Waals surface area contributed by atoms with E-state index in [4.69, 9.17) is 14.9 Å². The van der Waals surface area contributed by atoms with E-state index >= 15 is 0 Å². The van der Waals surface area contributed by atoms with Crippen LogP contribution in [0.15, 0.2) is 47.1 Å². The van der Waals surface area contributed by atoms with Crippen LogP contribution in [0.2, 0.25) is 0 Å². The molecule has 0 radical (unpaired) electrons. The lowest BCUT2D eigenvalue weighted by molar-refractivity contribution is 0.122. The Morgan fingerprint density at radius 1 is 1.04 bits per heavy atom. The van der Waals surface area contributed by atoms with Gasteiger partial charge in [0.25, 0.3) is 6.01 Å². The quantitative estimate of drug-likeness (QED) is 0.606. The zero-order valence-corrected chi connectivity index (χ0v) is 13.6. The van der Waals surface area contributed by atoms with Gasteiger partial charge in [-0.1, -0.05) is 6.07 Å². The minimum Gasteiger partial charge on any atom is -0.424 e. The Balaban J connectivity index is 1.60. The summed E-state index contributed by atoms with van der Waals surface area (Å²) in [5, 5.41) is 0. The molecule has 25 heavy (non-hydrogen) atoms. The molecule has 0 bridgehead atoms. The van der Waals surface area contributed by atoms with Crippen molar-refractivity contribution in [2.75, 3.05) is 36.9 Å². The third-order valence-electron chi connectivity index (χ3n) is 4.56. The average Bonchev–Trinajstić information content (AvgIpc) is 3.23. The molecular weight excluding hydrogens is 318 g/mol. The fourth-order valence-corrected chi connectivity index (χ4v) is 3.29. The lowest BCUT2D eigenvalue weighted by Gasteiger charge is -2.28. The first-order valence-corrected chi connectivity index (χ1v) is 8.24. The van der Waals surface area contributed by atoms with Crippen molar-refractivity contribution in [3.8, 4) is 11.1 Å². The SMILES string of the molecule is Nc1nc2cc(-c3ccc4ncc(N5CCOCC5)n4c3)ccc2o1. The summed E-state index contributed by atoms with van der Waals surface area (Å²) in [5.41, 5.74) is 10.2. The van der Waals surface area contributed by atoms with Gasteiger partial charge < -0.3 is 19.8 Å². The van der Waals surface area contributed by atoms with E-state index in [-0.39, 0.29) is 6.01 Å². The molecule has 0 spiro atoms. The Labute approximate surface area is 143 Å². The first kappa shape index (κ1) is 14.3. The zero-order valence-electron chi connectivity index (χ0n) is 13.6. The van der Waals surface area contributed by atoms with Crippen LogP contribution in [-0.4, -0.2) is 40.7 Å². The Morgan fingerprint density at radius 3 is 2.76 bits per heavy atom. The third kappa shape index (κ3) is 2.40. The fraction of sp³-hybridized carbons (Fsp3) is 0.222. The number of hydrogen-bond acceptors (Lipinski definition) is 6. The first-order valence-electron chi connectivity index (χ1n) is 8.24. The molecule has 3 aromatic heterocycles. The van der Waals surface area contributed by atoms with Crippen molar-refractivity contribution in [2.24, 2.45) is 0 Å². The molecule has 2 N–H and O–H groups in total. The average molecular weight is 335 g/mol. The summed E-state index contributed by atoms with van der Waals surface area (Å²) in [5.74, 6) is 1.09. The molecule has 0 atom stereocenters. The number of fused-ring (bicyclic) bond motifs is 2. The van der Waals surface area contributed by atoms with Crippen molar-refractivity contribution < 1.29 is 9.15 Å². The molecule has 0 amide bonds. The fourth-order valence-electron chi connectivity index (χ4n) is 3.29. The van der Waals surface area contributed by atoms with E-state index in [0.717, 1.165) is 54.4 Å². The molecule has 1 saturated heterocycles. The molecule has 126 valence electrons. The van der Waals surface area contributed by atoms with E-state index in [1.165, 1.54) is 0 Å². The topological polar surface area (TPSA) is 81.8 Å². The normalized spacial score (nSPS) is 15.3. The minimum absolute atomic E-state index is 0.187. The van der Waals surface area contributed by atoms with Crippen molar-refractivity contribution in [2.45, 2.75) is 0 Å². The number of ether oxygens (including phenoxy) is 1. The van der Waals surface area contributed by atoms with Crippen LogP contribution >= 0.6 is 0 Å². The highest BCUT2D eigenvalue weighted by Gasteiger charge is 2.16. The van der Waals surface area contributed by atoms with Gasteiger partial charge in [-0.2, -0.15) is 4.98 Å². The number of nitrogens with two attached hydrogens (primary N) is 1. The van der Waals surface area contributed by atoms with E-state index < -0.39 is 0 Å². The number of anilines is 2. The summed E-state index contributed by atoms with van der Waals surface area (Å²) in [6, 6.07) is 10.2. The van der Waals surface area contributed by atoms with E-state index in [0.29, 0.717) is 5.58 Å². The van der Waals surface area contributed by atoms with Gasteiger partial charge in [0, 0.05) is 19.3 Å². The predicted molar refractivity (Wildman–Crippen MR) is 95.6 cm³/mol. The second-order valence-electron chi connectivity index (χ2n) is 6.10. The Morgan fingerprint density at radius 2 is 1.88 bits per heavy atom. The molecule has 7 nitrogen and oxygen atoms in total. The molecule has 1 fully saturated rings. The van der Waals surface area contributed by atoms with Crippen molar-refractivity contribution in [3.63, 3.8) is 0 Å². The van der Waals surface area contributed by atoms with Gasteiger partial charge in [-0.3, -0.25) is 4.40 Å². The van der Waals surface area contributed by atoms with Gasteiger partial charge in [-0.15, -0.1) is 0 Å². The number of hydrogen-bond donors (Lipinski definition) is 1. The van der Waals surface area contributed by atoms with Crippen molar-refractivity contribution >= 4 is 28.6 Å². The first-order chi connectivity index (χ1) is 12.3. The number of imidazole rings is 1. The molecule has 1 aromatic carbocycles. The van der Waals surface area contributed by atoms with Gasteiger partial charge in [0.15, 0.2) is 5.58 Å². The highest BCUT2D eigenvalue weighted by atomic mass is 16.5. The zero-order chi connectivity index (χ0) is 16.8. The van der Waals surface area contributed by atoms with Gasteiger partial charge in [-0.25, -0.2) is 4.98 Å². The number of pyridine rings is 1. The number of oxazole rings is 1. The standard InChI is InChI=1S/C18H17N5O2/c19-18-21-14-9-12(1-3-15(14)25-18)13-2-4-16-20-10-17(23(16)11-13)22-5-7-24-8-6-22/h1-4,9-11H,5-8H2,(H2,19,21). The maximum atomic E-state index is 5.64. The minimum atomic E-state index is 0.187. The summed E-state index contributed by atoms with van der Waals surface area (Å²) in [6.45, 7) is 3.25. The predicted octanol–water partition coefficient (Wildman–Crippen LogP) is 2.56. The summed E-state index contributed by atoms with van der Waals surface area (Å²) in [6.07, 6.45) is 4.03. The molecule has 7 heteroatoms. The lowest BCUT2D eigenvalue weighted by Crippen LogP contribution is -2.36. The number of aromatic nitrogens is 3. The van der Waals surface area contributed by atoms with Crippen molar-refractivity contribution in [1.29, 1.82) is 0 Å². The van der Waals surface area contributed by atoms with Gasteiger partial charge in [0.05, 0.1) is 19.4 Å². The number of benzene rings is 1. The number of nitrogens with zero attached hydrogens (tertiary/aromatic N) is 4. The van der Waals surface area contributed by atoms with Crippen LogP contribution in [0.1, 0.15) is 0 Å². The van der Waals surface area contributed by atoms with Crippen LogP contribution in [0.4, 0.5) is 11.8 Å². The Bertz CT molecular complexity index is 1060. The number of morpholine rings is 1. The van der Waals surface area contributed by atoms with Gasteiger partial charge in [-0.05, 0) is 35.4 Å². The highest BCUT2D eigenvalue weighted by molar-refractivity contribution is 5.81. The van der Waals surface area contributed by atoms with Crippen molar-refractivity contribution in [1.82, 2.24) is 14.4 Å². The van der Waals surface area contributed by atoms with Crippen LogP contribution in [0.5, 0.6) is 0 Å². The van der Waals surface area contributed by atoms with E-state index in [9.17, 15) is 0 Å². The molecule has 5 rings (SSSR count). The maximum absolute atomic E-state index is 5.64. The van der Waals surface area contributed by atoms with E-state index in [1.54, 1.807) is 0 Å². The molecule has 4 heterocycles. The maximum Gasteiger partial charge on any atom is 0.292 e. The van der Waals surface area contributed by atoms with Gasteiger partial charge >= 0.3 is 0 Å². The summed E-state index contributed by atoms with van der Waals surface area (Å²) < 4.78 is 12.9. The van der Waals surface area contributed by atoms with Crippen LogP contribution in [0.3, 0.4) is 0 Å². The van der Waals surface area contributed by atoms with Gasteiger partial charge in [0.1, 0.15) is 17.0 Å². The van der Waals surface area contributed by atoms with E-state index in [1.807, 2.05) is 30.5 Å². The molecule has 0 unspecified atom stereocenters.